The molecule has 2 unspecified atom stereocenters. The smallest absolute Gasteiger partial charge is 0.360 e. The Kier molecular flexibility index (Phi) is 8.13. The Balaban J connectivity index is 0.00000364. The molecule has 3 N–H and O–H groups in total. The monoisotopic (exact) mass is 517 g/mol. The maximum atomic E-state index is 12.7. The van der Waals surface area contributed by atoms with Crippen molar-refractivity contribution >= 4 is 23.7 Å². The Morgan fingerprint density at radius 3 is 1.67 bits per heavy atom. The zero-order chi connectivity index (χ0) is 19.3. The van der Waals surface area contributed by atoms with Gasteiger partial charge in [0.15, 0.2) is 0 Å². The van der Waals surface area contributed by atoms with Crippen LogP contribution >= 0.6 is 0 Å². The number of ketones is 1. The summed E-state index contributed by atoms with van der Waals surface area (Å²) in [5.41, 5.74) is -3.70. The summed E-state index contributed by atoms with van der Waals surface area (Å²) >= 11 is 0. The van der Waals surface area contributed by atoms with E-state index in [1.807, 2.05) is 0 Å². The van der Waals surface area contributed by atoms with Crippen LogP contribution in [0.25, 0.3) is 0 Å². The molecule has 0 aliphatic rings. The van der Waals surface area contributed by atoms with Crippen LogP contribution in [0.5, 0.6) is 0 Å². The summed E-state index contributed by atoms with van der Waals surface area (Å²) in [6.45, 7) is 0. The number of aliphatic hydroxyl groups is 1. The number of hydrogen-bond donors (Lipinski definition) is 3. The van der Waals surface area contributed by atoms with Crippen LogP contribution in [0.4, 0.5) is 0 Å². The molecule has 0 heterocycles. The SMILES string of the molecule is O=C(OC(C(=O)O)(C(=O)c1ccccc1)C(O)C(=O)O)c1ccccc1.[Tb]. The van der Waals surface area contributed by atoms with Gasteiger partial charge >= 0.3 is 23.5 Å². The third kappa shape index (κ3) is 4.73. The maximum absolute atomic E-state index is 12.7. The molecule has 0 saturated carbocycles. The first kappa shape index (κ1) is 22.8. The third-order valence-electron chi connectivity index (χ3n) is 3.57. The van der Waals surface area contributed by atoms with E-state index in [0.717, 1.165) is 0 Å². The van der Waals surface area contributed by atoms with Gasteiger partial charge in [-0.3, -0.25) is 4.79 Å². The maximum Gasteiger partial charge on any atom is 0.360 e. The first-order chi connectivity index (χ1) is 12.3. The average molecular weight is 517 g/mol. The summed E-state index contributed by atoms with van der Waals surface area (Å²) in [5, 5.41) is 28.6. The van der Waals surface area contributed by atoms with Crippen molar-refractivity contribution in [3.63, 3.8) is 0 Å². The molecule has 0 bridgehead atoms. The number of carbonyl (C=O) groups is 4. The van der Waals surface area contributed by atoms with E-state index in [0.29, 0.717) is 0 Å². The molecule has 0 aliphatic carbocycles. The molecular weight excluding hydrogens is 503 g/mol. The molecule has 9 heteroatoms. The van der Waals surface area contributed by atoms with Crippen LogP contribution in [0.2, 0.25) is 0 Å². The van der Waals surface area contributed by atoms with Crippen LogP contribution in [0.15, 0.2) is 60.7 Å². The summed E-state index contributed by atoms with van der Waals surface area (Å²) < 4.78 is 4.81. The molecule has 0 aliphatic heterocycles. The molecule has 0 aromatic heterocycles. The van der Waals surface area contributed by atoms with Gasteiger partial charge in [-0.1, -0.05) is 48.5 Å². The Hall–Kier alpha value is -2.23. The Morgan fingerprint density at radius 2 is 1.26 bits per heavy atom. The zero-order valence-electron chi connectivity index (χ0n) is 13.6. The number of esters is 1. The Morgan fingerprint density at radius 1 is 0.815 bits per heavy atom. The number of carboxylic acids is 2. The number of rotatable bonds is 7. The fourth-order valence-electron chi connectivity index (χ4n) is 2.24. The molecule has 1 radical (unpaired) electrons. The summed E-state index contributed by atoms with van der Waals surface area (Å²) in [5.74, 6) is -6.77. The van der Waals surface area contributed by atoms with E-state index in [2.05, 4.69) is 0 Å². The van der Waals surface area contributed by atoms with Crippen LogP contribution in [0.3, 0.4) is 0 Å². The van der Waals surface area contributed by atoms with Crippen molar-refractivity contribution in [1.82, 2.24) is 0 Å². The van der Waals surface area contributed by atoms with Gasteiger partial charge in [0.05, 0.1) is 5.56 Å². The van der Waals surface area contributed by atoms with Crippen LogP contribution in [-0.4, -0.2) is 50.7 Å². The quantitative estimate of drug-likeness (QED) is 0.281. The van der Waals surface area contributed by atoms with Gasteiger partial charge in [0.1, 0.15) is 0 Å². The largest absolute Gasteiger partial charge is 0.479 e. The normalized spacial score (nSPS) is 13.4. The molecule has 0 spiro atoms. The molecule has 27 heavy (non-hydrogen) atoms. The number of ether oxygens (including phenoxy) is 1. The Bertz CT molecular complexity index is 837. The number of aliphatic carboxylic acids is 2. The van der Waals surface area contributed by atoms with Gasteiger partial charge in [0.25, 0.3) is 0 Å². The van der Waals surface area contributed by atoms with Crippen molar-refractivity contribution in [3.05, 3.63) is 71.8 Å². The topological polar surface area (TPSA) is 138 Å². The van der Waals surface area contributed by atoms with Crippen molar-refractivity contribution in [2.75, 3.05) is 0 Å². The second kappa shape index (κ2) is 9.63. The fraction of sp³-hybridized carbons (Fsp3) is 0.111. The minimum absolute atomic E-state index is 0. The number of carbonyl (C=O) groups excluding carboxylic acids is 2. The summed E-state index contributed by atoms with van der Waals surface area (Å²) in [6.07, 6.45) is -2.82. The molecule has 8 nitrogen and oxygen atoms in total. The van der Waals surface area contributed by atoms with E-state index < -0.39 is 35.4 Å². The van der Waals surface area contributed by atoms with E-state index in [1.165, 1.54) is 48.5 Å². The minimum Gasteiger partial charge on any atom is -0.479 e. The predicted octanol–water partition coefficient (Wildman–Crippen LogP) is 0.995. The number of carboxylic acid groups (broad SMARTS) is 2. The van der Waals surface area contributed by atoms with Crippen LogP contribution in [-0.2, 0) is 14.3 Å². The van der Waals surface area contributed by atoms with E-state index in [-0.39, 0.29) is 49.7 Å². The number of Topliss-reactive ketones (excluding diaryl/α,β-unsaturated/α-hetero) is 1. The van der Waals surface area contributed by atoms with Crippen molar-refractivity contribution in [2.24, 2.45) is 0 Å². The molecule has 2 atom stereocenters. The average Bonchev–Trinajstić information content (AvgIpc) is 2.65. The summed E-state index contributed by atoms with van der Waals surface area (Å²) in [7, 11) is 0. The van der Waals surface area contributed by atoms with Gasteiger partial charge in [-0.25, -0.2) is 14.4 Å². The molecule has 2 aromatic rings. The molecule has 0 saturated heterocycles. The number of aliphatic hydroxyl groups excluding tert-OH is 1. The van der Waals surface area contributed by atoms with Gasteiger partial charge in [0, 0.05) is 44.2 Å². The van der Waals surface area contributed by atoms with E-state index in [9.17, 15) is 29.4 Å². The molecule has 0 fully saturated rings. The standard InChI is InChI=1S/C18H14O8.Tb/c19-13(11-7-3-1-4-8-11)18(17(24)25,14(20)15(21)22)26-16(23)12-9-5-2-6-10-12;/h1-10,14,20H,(H,21,22)(H,24,25);. The molecule has 2 rings (SSSR count). The molecule has 2 aromatic carbocycles. The van der Waals surface area contributed by atoms with Crippen LogP contribution < -0.4 is 0 Å². The number of benzene rings is 2. The second-order valence-electron chi connectivity index (χ2n) is 5.23. The van der Waals surface area contributed by atoms with Crippen LogP contribution in [0, 0.1) is 38.6 Å². The minimum atomic E-state index is -3.35. The zero-order valence-corrected chi connectivity index (χ0v) is 15.7. The predicted molar refractivity (Wildman–Crippen MR) is 86.6 cm³/mol. The van der Waals surface area contributed by atoms with E-state index in [4.69, 9.17) is 9.84 Å². The van der Waals surface area contributed by atoms with Gasteiger partial charge in [-0.2, -0.15) is 0 Å². The van der Waals surface area contributed by atoms with E-state index in [1.54, 1.807) is 12.1 Å². The first-order valence-corrected chi connectivity index (χ1v) is 7.33. The fourth-order valence-corrected chi connectivity index (χ4v) is 2.24. The summed E-state index contributed by atoms with van der Waals surface area (Å²) in [6, 6.07) is 13.9. The number of hydrogen-bond acceptors (Lipinski definition) is 6. The molecule has 143 valence electrons. The Labute approximate surface area is 184 Å². The van der Waals surface area contributed by atoms with Crippen molar-refractivity contribution in [3.8, 4) is 0 Å². The third-order valence-corrected chi connectivity index (χ3v) is 3.57. The second-order valence-corrected chi connectivity index (χ2v) is 5.23. The van der Waals surface area contributed by atoms with Crippen LogP contribution in [0.1, 0.15) is 20.7 Å². The van der Waals surface area contributed by atoms with Crippen molar-refractivity contribution in [1.29, 1.82) is 0 Å². The van der Waals surface area contributed by atoms with Gasteiger partial charge in [-0.05, 0) is 12.1 Å². The van der Waals surface area contributed by atoms with Gasteiger partial charge < -0.3 is 20.1 Å². The van der Waals surface area contributed by atoms with Gasteiger partial charge in [-0.15, -0.1) is 0 Å². The van der Waals surface area contributed by atoms with Crippen molar-refractivity contribution < 1.29 is 77.8 Å². The molecular formula is C18H14O8Tb. The first-order valence-electron chi connectivity index (χ1n) is 7.33. The molecule has 0 amide bonds. The van der Waals surface area contributed by atoms with E-state index >= 15 is 0 Å². The van der Waals surface area contributed by atoms with Crippen molar-refractivity contribution in [2.45, 2.75) is 11.7 Å². The van der Waals surface area contributed by atoms with Gasteiger partial charge in [0.2, 0.25) is 11.9 Å². The summed E-state index contributed by atoms with van der Waals surface area (Å²) in [4.78, 5) is 48.1.